The number of carbonyl (C=O) groups is 2. The number of aliphatic hydroxyl groups excluding tert-OH is 1. The molecule has 1 aromatic heterocycles. The third kappa shape index (κ3) is 8.50. The summed E-state index contributed by atoms with van der Waals surface area (Å²) in [5.74, 6) is -5.39. The van der Waals surface area contributed by atoms with Crippen LogP contribution in [0.2, 0.25) is 0 Å². The number of anilines is 1. The minimum absolute atomic E-state index is 0.0317. The van der Waals surface area contributed by atoms with Gasteiger partial charge in [0.15, 0.2) is 6.10 Å². The fraction of sp³-hybridized carbons (Fsp3) is 0.727. The smallest absolute Gasteiger partial charge is 0.351 e. The molecule has 0 radical (unpaired) electrons. The van der Waals surface area contributed by atoms with Gasteiger partial charge in [-0.1, -0.05) is 0 Å². The number of hydrogen-bond donors (Lipinski definition) is 4. The Morgan fingerprint density at radius 1 is 1.15 bits per heavy atom. The average molecular weight is 584 g/mol. The molecule has 39 heavy (non-hydrogen) atoms. The third-order valence-corrected chi connectivity index (χ3v) is 7.29. The van der Waals surface area contributed by atoms with Crippen LogP contribution in [0.5, 0.6) is 0 Å². The average Bonchev–Trinajstić information content (AvgIpc) is 3.06. The van der Waals surface area contributed by atoms with Crippen LogP contribution in [-0.4, -0.2) is 82.7 Å². The molecule has 1 saturated heterocycles. The van der Waals surface area contributed by atoms with Crippen LogP contribution >= 0.6 is 7.67 Å². The van der Waals surface area contributed by atoms with E-state index in [1.165, 1.54) is 19.9 Å². The number of hydrogen-bond acceptors (Lipinski definition) is 11. The molecule has 1 aliphatic rings. The standard InChI is InChI=1S/C22H36F2N5O9P/c1-7-35-18(31)13(5)27-39(34,28-14(6)19(32)36-8-2)37-11-15-17(30)22(23,24)20(38-15)29-10-9-16(25-12(3)4)26-21(29)33/h9-10,12-15,17,20,30H,7-8,11H2,1-6H3,(H,25,26,33)(H2,27,28,34)/t13?,14?,15-,17-,20-,39?/m1/s1. The molecular formula is C22H36F2N5O9P. The molecule has 0 amide bonds. The van der Waals surface area contributed by atoms with Crippen LogP contribution in [0.25, 0.3) is 0 Å². The minimum Gasteiger partial charge on any atom is -0.465 e. The Balaban J connectivity index is 2.24. The maximum absolute atomic E-state index is 15.0. The van der Waals surface area contributed by atoms with Gasteiger partial charge in [-0.05, 0) is 47.6 Å². The van der Waals surface area contributed by atoms with Crippen LogP contribution in [0.4, 0.5) is 14.6 Å². The molecule has 1 aliphatic heterocycles. The second kappa shape index (κ2) is 13.7. The Morgan fingerprint density at radius 3 is 2.15 bits per heavy atom. The van der Waals surface area contributed by atoms with E-state index in [0.29, 0.717) is 4.57 Å². The number of nitrogens with zero attached hydrogens (tertiary/aromatic N) is 2. The first-order valence-electron chi connectivity index (χ1n) is 12.4. The fourth-order valence-corrected chi connectivity index (χ4v) is 5.32. The lowest BCUT2D eigenvalue weighted by atomic mass is 10.1. The summed E-state index contributed by atoms with van der Waals surface area (Å²) in [7, 11) is -4.36. The highest BCUT2D eigenvalue weighted by molar-refractivity contribution is 7.54. The van der Waals surface area contributed by atoms with Crippen molar-refractivity contribution in [2.75, 3.05) is 25.1 Å². The summed E-state index contributed by atoms with van der Waals surface area (Å²) in [5.41, 5.74) is -1.06. The number of aliphatic hydroxyl groups is 1. The predicted octanol–water partition coefficient (Wildman–Crippen LogP) is 1.16. The van der Waals surface area contributed by atoms with Crippen LogP contribution in [0.3, 0.4) is 0 Å². The molecule has 14 nitrogen and oxygen atoms in total. The summed E-state index contributed by atoms with van der Waals surface area (Å²) in [5, 5.41) is 17.9. The van der Waals surface area contributed by atoms with Crippen LogP contribution in [0.1, 0.15) is 47.8 Å². The maximum atomic E-state index is 15.0. The summed E-state index contributed by atoms with van der Waals surface area (Å²) < 4.78 is 64.4. The first kappa shape index (κ1) is 32.7. The van der Waals surface area contributed by atoms with Gasteiger partial charge in [-0.3, -0.25) is 18.7 Å². The van der Waals surface area contributed by atoms with Gasteiger partial charge in [0.05, 0.1) is 19.8 Å². The largest absolute Gasteiger partial charge is 0.465 e. The highest BCUT2D eigenvalue weighted by atomic mass is 31.2. The van der Waals surface area contributed by atoms with E-state index in [-0.39, 0.29) is 25.1 Å². The molecule has 17 heteroatoms. The number of nitrogens with one attached hydrogen (secondary N) is 3. The maximum Gasteiger partial charge on any atom is 0.351 e. The zero-order valence-electron chi connectivity index (χ0n) is 22.6. The molecule has 1 fully saturated rings. The molecule has 0 aliphatic carbocycles. The zero-order valence-corrected chi connectivity index (χ0v) is 23.4. The zero-order chi connectivity index (χ0) is 29.5. The van der Waals surface area contributed by atoms with Crippen molar-refractivity contribution in [1.29, 1.82) is 0 Å². The van der Waals surface area contributed by atoms with Crippen LogP contribution in [0.15, 0.2) is 17.1 Å². The monoisotopic (exact) mass is 583 g/mol. The molecule has 0 bridgehead atoms. The number of rotatable bonds is 14. The van der Waals surface area contributed by atoms with Gasteiger partial charge >= 0.3 is 31.2 Å². The predicted molar refractivity (Wildman–Crippen MR) is 134 cm³/mol. The highest BCUT2D eigenvalue weighted by Gasteiger charge is 2.60. The molecule has 1 aromatic rings. The third-order valence-electron chi connectivity index (χ3n) is 5.33. The fourth-order valence-electron chi connectivity index (χ4n) is 3.51. The number of halogens is 2. The molecular weight excluding hydrogens is 547 g/mol. The van der Waals surface area contributed by atoms with E-state index in [4.69, 9.17) is 18.7 Å². The number of carbonyl (C=O) groups excluding carboxylic acids is 2. The van der Waals surface area contributed by atoms with E-state index < -0.39 is 68.3 Å². The molecule has 5 atom stereocenters. The minimum atomic E-state index is -4.36. The topological polar surface area (TPSA) is 179 Å². The molecule has 0 aromatic carbocycles. The van der Waals surface area contributed by atoms with Crippen molar-refractivity contribution in [2.24, 2.45) is 0 Å². The van der Waals surface area contributed by atoms with Crippen LogP contribution in [-0.2, 0) is 32.9 Å². The van der Waals surface area contributed by atoms with Gasteiger partial charge in [-0.15, -0.1) is 0 Å². The Morgan fingerprint density at radius 2 is 1.69 bits per heavy atom. The molecule has 0 spiro atoms. The second-order valence-electron chi connectivity index (χ2n) is 9.00. The number of aromatic nitrogens is 2. The Hall–Kier alpha value is -2.49. The van der Waals surface area contributed by atoms with Crippen molar-refractivity contribution >= 4 is 25.4 Å². The normalized spacial score (nSPS) is 23.6. The van der Waals surface area contributed by atoms with E-state index >= 15 is 0 Å². The highest BCUT2D eigenvalue weighted by Crippen LogP contribution is 2.45. The Labute approximate surface area is 224 Å². The summed E-state index contributed by atoms with van der Waals surface area (Å²) in [6.45, 7) is 8.52. The van der Waals surface area contributed by atoms with E-state index in [2.05, 4.69) is 20.5 Å². The lowest BCUT2D eigenvalue weighted by Gasteiger charge is -2.27. The molecule has 2 unspecified atom stereocenters. The van der Waals surface area contributed by atoms with Gasteiger partial charge in [0.1, 0.15) is 24.0 Å². The van der Waals surface area contributed by atoms with Crippen molar-refractivity contribution in [3.63, 3.8) is 0 Å². The van der Waals surface area contributed by atoms with Gasteiger partial charge in [0, 0.05) is 12.2 Å². The van der Waals surface area contributed by atoms with Crippen molar-refractivity contribution in [3.8, 4) is 0 Å². The summed E-state index contributed by atoms with van der Waals surface area (Å²) in [4.78, 5) is 40.3. The molecule has 222 valence electrons. The SMILES string of the molecule is CCOC(=O)C(C)NP(=O)(NC(C)C(=O)OCC)OC[C@H]1O[C@@H](n2ccc(NC(C)C)nc2=O)C(F)(F)[C@@H]1O. The molecule has 2 heterocycles. The Kier molecular flexibility index (Phi) is 11.5. The van der Waals surface area contributed by atoms with Crippen LogP contribution < -0.4 is 21.2 Å². The van der Waals surface area contributed by atoms with Crippen molar-refractivity contribution in [1.82, 2.24) is 19.7 Å². The second-order valence-corrected chi connectivity index (χ2v) is 10.9. The van der Waals surface area contributed by atoms with Crippen LogP contribution in [0, 0.1) is 0 Å². The van der Waals surface area contributed by atoms with Crippen molar-refractivity contribution in [2.45, 2.75) is 84.0 Å². The van der Waals surface area contributed by atoms with Gasteiger partial charge in [-0.25, -0.2) is 15.0 Å². The van der Waals surface area contributed by atoms with E-state index in [1.807, 2.05) is 0 Å². The number of ether oxygens (including phenoxy) is 3. The quantitative estimate of drug-likeness (QED) is 0.181. The van der Waals surface area contributed by atoms with Gasteiger partial charge < -0.3 is 29.2 Å². The summed E-state index contributed by atoms with van der Waals surface area (Å²) in [6.07, 6.45) is -5.43. The first-order chi connectivity index (χ1) is 18.1. The van der Waals surface area contributed by atoms with Crippen molar-refractivity contribution in [3.05, 3.63) is 22.7 Å². The molecule has 4 N–H and O–H groups in total. The number of alkyl halides is 2. The Bertz CT molecular complexity index is 1080. The van der Waals surface area contributed by atoms with Gasteiger partial charge in [0.2, 0.25) is 6.23 Å². The van der Waals surface area contributed by atoms with Gasteiger partial charge in [0.25, 0.3) is 0 Å². The summed E-state index contributed by atoms with van der Waals surface area (Å²) >= 11 is 0. The molecule has 0 saturated carbocycles. The lowest BCUT2D eigenvalue weighted by Crippen LogP contribution is -2.44. The summed E-state index contributed by atoms with van der Waals surface area (Å²) in [6, 6.07) is -1.18. The molecule has 2 rings (SSSR count). The van der Waals surface area contributed by atoms with E-state index in [0.717, 1.165) is 6.20 Å². The van der Waals surface area contributed by atoms with Crippen molar-refractivity contribution < 1.29 is 46.8 Å². The van der Waals surface area contributed by atoms with E-state index in [1.54, 1.807) is 27.7 Å². The van der Waals surface area contributed by atoms with Gasteiger partial charge in [-0.2, -0.15) is 13.8 Å². The first-order valence-corrected chi connectivity index (χ1v) is 14.0. The lowest BCUT2D eigenvalue weighted by molar-refractivity contribution is -0.145. The van der Waals surface area contributed by atoms with E-state index in [9.17, 15) is 32.8 Å². The number of esters is 2.